The van der Waals surface area contributed by atoms with Crippen LogP contribution in [0.25, 0.3) is 5.82 Å². The van der Waals surface area contributed by atoms with Gasteiger partial charge in [-0.1, -0.05) is 27.7 Å². The van der Waals surface area contributed by atoms with Gasteiger partial charge in [0.15, 0.2) is 5.82 Å². The van der Waals surface area contributed by atoms with Crippen molar-refractivity contribution in [3.8, 4) is 5.82 Å². The van der Waals surface area contributed by atoms with Crippen molar-refractivity contribution >= 4 is 5.69 Å². The lowest BCUT2D eigenvalue weighted by atomic mass is 10.2. The minimum Gasteiger partial charge on any atom is -0.396 e. The van der Waals surface area contributed by atoms with E-state index in [1.807, 2.05) is 17.7 Å². The molecule has 0 amide bonds. The van der Waals surface area contributed by atoms with Crippen molar-refractivity contribution in [3.63, 3.8) is 0 Å². The number of rotatable bonds is 4. The third-order valence-electron chi connectivity index (χ3n) is 3.36. The molecule has 108 valence electrons. The maximum atomic E-state index is 6.17. The number of hydrogen-bond donors (Lipinski definition) is 1. The Morgan fingerprint density at radius 2 is 1.90 bits per heavy atom. The lowest BCUT2D eigenvalue weighted by Gasteiger charge is -2.10. The quantitative estimate of drug-likeness (QED) is 0.930. The van der Waals surface area contributed by atoms with Crippen molar-refractivity contribution in [2.75, 3.05) is 5.73 Å². The molecule has 0 saturated heterocycles. The van der Waals surface area contributed by atoms with E-state index in [0.717, 1.165) is 47.3 Å². The third kappa shape index (κ3) is 2.53. The van der Waals surface area contributed by atoms with Crippen molar-refractivity contribution in [2.45, 2.75) is 53.4 Å². The number of aromatic nitrogens is 4. The first-order valence-corrected chi connectivity index (χ1v) is 7.20. The summed E-state index contributed by atoms with van der Waals surface area (Å²) in [4.78, 5) is 9.11. The van der Waals surface area contributed by atoms with Crippen LogP contribution in [-0.4, -0.2) is 19.7 Å². The maximum absolute atomic E-state index is 6.17. The molecule has 0 unspecified atom stereocenters. The van der Waals surface area contributed by atoms with E-state index in [4.69, 9.17) is 5.73 Å². The zero-order chi connectivity index (χ0) is 14.9. The van der Waals surface area contributed by atoms with Crippen molar-refractivity contribution in [1.29, 1.82) is 0 Å². The van der Waals surface area contributed by atoms with Gasteiger partial charge in [0.25, 0.3) is 0 Å². The molecular weight excluding hydrogens is 250 g/mol. The first kappa shape index (κ1) is 14.5. The van der Waals surface area contributed by atoms with Crippen LogP contribution in [0.1, 0.15) is 56.5 Å². The molecule has 2 heterocycles. The van der Waals surface area contributed by atoms with Crippen LogP contribution in [0.3, 0.4) is 0 Å². The molecule has 0 atom stereocenters. The number of hydrogen-bond acceptors (Lipinski definition) is 4. The van der Waals surface area contributed by atoms with E-state index in [0.29, 0.717) is 0 Å². The summed E-state index contributed by atoms with van der Waals surface area (Å²) in [5.41, 5.74) is 9.87. The van der Waals surface area contributed by atoms with Gasteiger partial charge in [-0.15, -0.1) is 0 Å². The average Bonchev–Trinajstić information content (AvgIpc) is 2.74. The number of anilines is 1. The van der Waals surface area contributed by atoms with Crippen LogP contribution in [0.4, 0.5) is 5.69 Å². The molecule has 5 heteroatoms. The Morgan fingerprint density at radius 1 is 1.20 bits per heavy atom. The van der Waals surface area contributed by atoms with E-state index in [2.05, 4.69) is 42.8 Å². The Hall–Kier alpha value is -1.91. The Labute approximate surface area is 120 Å². The highest BCUT2D eigenvalue weighted by molar-refractivity contribution is 5.51. The van der Waals surface area contributed by atoms with E-state index in [9.17, 15) is 0 Å². The fourth-order valence-corrected chi connectivity index (χ4v) is 2.25. The van der Waals surface area contributed by atoms with Gasteiger partial charge in [-0.25, -0.2) is 14.6 Å². The Morgan fingerprint density at radius 3 is 2.45 bits per heavy atom. The molecule has 2 rings (SSSR count). The van der Waals surface area contributed by atoms with E-state index < -0.39 is 0 Å². The van der Waals surface area contributed by atoms with Crippen molar-refractivity contribution in [1.82, 2.24) is 19.7 Å². The molecular formula is C15H23N5. The molecule has 0 aromatic carbocycles. The smallest absolute Gasteiger partial charge is 0.157 e. The lowest BCUT2D eigenvalue weighted by molar-refractivity contribution is 0.718. The van der Waals surface area contributed by atoms with Gasteiger partial charge in [-0.2, -0.15) is 5.10 Å². The molecule has 2 aromatic heterocycles. The largest absolute Gasteiger partial charge is 0.396 e. The summed E-state index contributed by atoms with van der Waals surface area (Å²) < 4.78 is 1.87. The number of nitrogens with zero attached hydrogens (tertiary/aromatic N) is 4. The number of nitrogens with two attached hydrogens (primary N) is 1. The van der Waals surface area contributed by atoms with E-state index in [-0.39, 0.29) is 5.92 Å². The minimum absolute atomic E-state index is 0.289. The van der Waals surface area contributed by atoms with Gasteiger partial charge < -0.3 is 5.73 Å². The second kappa shape index (κ2) is 5.61. The average molecular weight is 273 g/mol. The van der Waals surface area contributed by atoms with Gasteiger partial charge in [0, 0.05) is 17.7 Å². The summed E-state index contributed by atoms with van der Waals surface area (Å²) in [6, 6.07) is 1.96. The van der Waals surface area contributed by atoms with E-state index >= 15 is 0 Å². The second-order valence-corrected chi connectivity index (χ2v) is 5.31. The minimum atomic E-state index is 0.289. The Bertz CT molecular complexity index is 613. The summed E-state index contributed by atoms with van der Waals surface area (Å²) >= 11 is 0. The maximum Gasteiger partial charge on any atom is 0.157 e. The van der Waals surface area contributed by atoms with E-state index in [1.54, 1.807) is 0 Å². The van der Waals surface area contributed by atoms with Crippen LogP contribution in [0.2, 0.25) is 0 Å². The fraction of sp³-hybridized carbons (Fsp3) is 0.533. The molecule has 2 aromatic rings. The van der Waals surface area contributed by atoms with Crippen LogP contribution < -0.4 is 5.73 Å². The van der Waals surface area contributed by atoms with Crippen LogP contribution in [0.5, 0.6) is 0 Å². The van der Waals surface area contributed by atoms with Crippen molar-refractivity contribution in [2.24, 2.45) is 0 Å². The summed E-state index contributed by atoms with van der Waals surface area (Å²) in [6.07, 6.45) is 1.66. The molecule has 0 aliphatic carbocycles. The highest BCUT2D eigenvalue weighted by Crippen LogP contribution is 2.22. The number of nitrogen functional groups attached to an aromatic ring is 1. The van der Waals surface area contributed by atoms with Crippen LogP contribution in [0.15, 0.2) is 6.07 Å². The molecule has 0 saturated carbocycles. The third-order valence-corrected chi connectivity index (χ3v) is 3.36. The van der Waals surface area contributed by atoms with Gasteiger partial charge in [0.1, 0.15) is 5.82 Å². The molecule has 0 aliphatic heterocycles. The van der Waals surface area contributed by atoms with Gasteiger partial charge in [0.05, 0.1) is 17.1 Å². The zero-order valence-corrected chi connectivity index (χ0v) is 12.9. The van der Waals surface area contributed by atoms with Crippen molar-refractivity contribution < 1.29 is 0 Å². The van der Waals surface area contributed by atoms with Crippen molar-refractivity contribution in [3.05, 3.63) is 29.0 Å². The fourth-order valence-electron chi connectivity index (χ4n) is 2.25. The summed E-state index contributed by atoms with van der Waals surface area (Å²) in [5.74, 6) is 1.94. The highest BCUT2D eigenvalue weighted by Gasteiger charge is 2.16. The summed E-state index contributed by atoms with van der Waals surface area (Å²) in [6.45, 7) is 10.3. The molecule has 5 nitrogen and oxygen atoms in total. The first-order chi connectivity index (χ1) is 9.47. The predicted octanol–water partition coefficient (Wildman–Crippen LogP) is 2.80. The second-order valence-electron chi connectivity index (χ2n) is 5.31. The topological polar surface area (TPSA) is 69.6 Å². The monoisotopic (exact) mass is 273 g/mol. The Kier molecular flexibility index (Phi) is 4.06. The van der Waals surface area contributed by atoms with Crippen LogP contribution in [-0.2, 0) is 12.8 Å². The van der Waals surface area contributed by atoms with Crippen LogP contribution >= 0.6 is 0 Å². The molecule has 0 fully saturated rings. The van der Waals surface area contributed by atoms with Gasteiger partial charge in [-0.3, -0.25) is 0 Å². The molecule has 0 aliphatic rings. The number of aryl methyl sites for hydroxylation is 2. The SMILES string of the molecule is CCc1nn(-c2cc(C)nc(C(C)C)n2)c(CC)c1N. The summed E-state index contributed by atoms with van der Waals surface area (Å²) in [7, 11) is 0. The highest BCUT2D eigenvalue weighted by atomic mass is 15.3. The molecule has 0 bridgehead atoms. The zero-order valence-electron chi connectivity index (χ0n) is 12.9. The van der Waals surface area contributed by atoms with E-state index in [1.165, 1.54) is 0 Å². The molecule has 2 N–H and O–H groups in total. The van der Waals surface area contributed by atoms with Gasteiger partial charge in [0.2, 0.25) is 0 Å². The van der Waals surface area contributed by atoms with Crippen LogP contribution in [0, 0.1) is 6.92 Å². The first-order valence-electron chi connectivity index (χ1n) is 7.20. The molecule has 0 spiro atoms. The Balaban J connectivity index is 2.62. The molecule has 20 heavy (non-hydrogen) atoms. The van der Waals surface area contributed by atoms with Gasteiger partial charge >= 0.3 is 0 Å². The summed E-state index contributed by atoms with van der Waals surface area (Å²) in [5, 5.41) is 4.61. The normalized spacial score (nSPS) is 11.3. The predicted molar refractivity (Wildman–Crippen MR) is 81.1 cm³/mol. The molecule has 0 radical (unpaired) electrons. The lowest BCUT2D eigenvalue weighted by Crippen LogP contribution is -2.09. The standard InChI is InChI=1S/C15H23N5/c1-6-11-14(16)12(7-2)20(19-11)13-8-10(5)17-15(18-13)9(3)4/h8-9H,6-7,16H2,1-5H3. The van der Waals surface area contributed by atoms with Gasteiger partial charge in [-0.05, 0) is 19.8 Å².